The third kappa shape index (κ3) is 1.59. The van der Waals surface area contributed by atoms with Crippen LogP contribution in [-0.2, 0) is 9.53 Å². The van der Waals surface area contributed by atoms with Crippen LogP contribution < -0.4 is 10.1 Å². The Morgan fingerprint density at radius 2 is 2.28 bits per heavy atom. The third-order valence-electron chi connectivity index (χ3n) is 3.64. The van der Waals surface area contributed by atoms with E-state index in [1.165, 1.54) is 7.11 Å². The molecule has 5 nitrogen and oxygen atoms in total. The normalized spacial score (nSPS) is 21.6. The molecule has 1 amide bonds. The van der Waals surface area contributed by atoms with E-state index in [2.05, 4.69) is 5.32 Å². The van der Waals surface area contributed by atoms with Crippen LogP contribution in [0.2, 0.25) is 0 Å². The minimum atomic E-state index is -0.994. The van der Waals surface area contributed by atoms with Crippen LogP contribution in [0.4, 0.5) is 5.69 Å². The van der Waals surface area contributed by atoms with Crippen molar-refractivity contribution in [2.75, 3.05) is 12.4 Å². The molecule has 96 valence electrons. The van der Waals surface area contributed by atoms with Crippen LogP contribution in [0.15, 0.2) is 18.2 Å². The fourth-order valence-corrected chi connectivity index (χ4v) is 2.34. The number of aliphatic hydroxyl groups is 1. The van der Waals surface area contributed by atoms with E-state index in [1.54, 1.807) is 18.2 Å². The van der Waals surface area contributed by atoms with Gasteiger partial charge in [0.1, 0.15) is 5.75 Å². The number of amides is 1. The molecule has 5 heteroatoms. The lowest BCUT2D eigenvalue weighted by Gasteiger charge is -2.43. The Kier molecular flexibility index (Phi) is 2.53. The average molecular weight is 249 g/mol. The van der Waals surface area contributed by atoms with E-state index in [1.807, 2.05) is 0 Å². The molecule has 0 radical (unpaired) electrons. The van der Waals surface area contributed by atoms with Crippen molar-refractivity contribution in [3.63, 3.8) is 0 Å². The highest BCUT2D eigenvalue weighted by atomic mass is 16.6. The van der Waals surface area contributed by atoms with Crippen molar-refractivity contribution in [1.29, 1.82) is 0 Å². The Labute approximate surface area is 105 Å². The summed E-state index contributed by atoms with van der Waals surface area (Å²) in [5.74, 6) is 0.562. The maximum Gasteiger partial charge on any atom is 0.268 e. The van der Waals surface area contributed by atoms with Crippen molar-refractivity contribution >= 4 is 11.6 Å². The molecular weight excluding hydrogens is 234 g/mol. The average Bonchev–Trinajstić information content (AvgIpc) is 2.34. The Bertz CT molecular complexity index is 496. The van der Waals surface area contributed by atoms with Gasteiger partial charge in [-0.15, -0.1) is 0 Å². The summed E-state index contributed by atoms with van der Waals surface area (Å²) in [4.78, 5) is 12.0. The van der Waals surface area contributed by atoms with Gasteiger partial charge in [0.25, 0.3) is 5.91 Å². The largest absolute Gasteiger partial charge is 0.475 e. The number of benzene rings is 1. The highest BCUT2D eigenvalue weighted by molar-refractivity contribution is 6.01. The SMILES string of the molecule is COC(O)c1ccc2c(c1)NC(=O)C1(CCC1)O2. The van der Waals surface area contributed by atoms with Crippen molar-refractivity contribution in [1.82, 2.24) is 0 Å². The zero-order valence-corrected chi connectivity index (χ0v) is 10.1. The van der Waals surface area contributed by atoms with Crippen LogP contribution in [0.1, 0.15) is 31.1 Å². The standard InChI is InChI=1S/C13H15NO4/c1-17-11(15)8-3-4-10-9(7-8)14-12(16)13(18-10)5-2-6-13/h3-4,7,11,15H,2,5-6H2,1H3,(H,14,16). The molecule has 1 aromatic rings. The monoisotopic (exact) mass is 249 g/mol. The molecule has 0 bridgehead atoms. The van der Waals surface area contributed by atoms with E-state index in [-0.39, 0.29) is 5.91 Å². The topological polar surface area (TPSA) is 67.8 Å². The molecule has 1 saturated carbocycles. The molecule has 1 atom stereocenters. The summed E-state index contributed by atoms with van der Waals surface area (Å²) in [5.41, 5.74) is 0.518. The van der Waals surface area contributed by atoms with Gasteiger partial charge in [-0.1, -0.05) is 6.07 Å². The fraction of sp³-hybridized carbons (Fsp3) is 0.462. The summed E-state index contributed by atoms with van der Waals surface area (Å²) in [5, 5.41) is 12.4. The van der Waals surface area contributed by atoms with Gasteiger partial charge in [0.2, 0.25) is 0 Å². The van der Waals surface area contributed by atoms with Crippen molar-refractivity contribution in [3.05, 3.63) is 23.8 Å². The zero-order chi connectivity index (χ0) is 12.8. The van der Waals surface area contributed by atoms with Crippen LogP contribution in [0, 0.1) is 0 Å². The number of hydrogen-bond donors (Lipinski definition) is 2. The number of ether oxygens (including phenoxy) is 2. The number of methoxy groups -OCH3 is 1. The summed E-state index contributed by atoms with van der Waals surface area (Å²) in [6, 6.07) is 5.16. The second kappa shape index (κ2) is 3.96. The molecular formula is C13H15NO4. The van der Waals surface area contributed by atoms with E-state index >= 15 is 0 Å². The van der Waals surface area contributed by atoms with Crippen LogP contribution in [-0.4, -0.2) is 23.7 Å². The van der Waals surface area contributed by atoms with E-state index in [0.717, 1.165) is 19.3 Å². The minimum absolute atomic E-state index is 0.0923. The molecule has 3 rings (SSSR count). The molecule has 18 heavy (non-hydrogen) atoms. The summed E-state index contributed by atoms with van der Waals surface area (Å²) in [6.07, 6.45) is 1.55. The van der Waals surface area contributed by atoms with Gasteiger partial charge in [0, 0.05) is 12.7 Å². The molecule has 2 aliphatic rings. The lowest BCUT2D eigenvalue weighted by atomic mass is 9.78. The summed E-state index contributed by atoms with van der Waals surface area (Å²) in [6.45, 7) is 0. The molecule has 0 saturated heterocycles. The van der Waals surface area contributed by atoms with Crippen molar-refractivity contribution in [3.8, 4) is 5.75 Å². The van der Waals surface area contributed by atoms with Gasteiger partial charge in [-0.2, -0.15) is 0 Å². The van der Waals surface area contributed by atoms with Gasteiger partial charge >= 0.3 is 0 Å². The Morgan fingerprint density at radius 3 is 2.89 bits per heavy atom. The summed E-state index contributed by atoms with van der Waals surface area (Å²) in [7, 11) is 1.42. The summed E-state index contributed by atoms with van der Waals surface area (Å²) < 4.78 is 10.6. The smallest absolute Gasteiger partial charge is 0.268 e. The van der Waals surface area contributed by atoms with E-state index in [4.69, 9.17) is 9.47 Å². The Hall–Kier alpha value is -1.59. The first-order valence-corrected chi connectivity index (χ1v) is 6.00. The van der Waals surface area contributed by atoms with Crippen molar-refractivity contribution in [2.24, 2.45) is 0 Å². The maximum atomic E-state index is 12.0. The fourth-order valence-electron chi connectivity index (χ4n) is 2.34. The first-order valence-electron chi connectivity index (χ1n) is 6.00. The molecule has 1 heterocycles. The van der Waals surface area contributed by atoms with Crippen LogP contribution in [0.5, 0.6) is 5.75 Å². The quantitative estimate of drug-likeness (QED) is 0.781. The molecule has 1 aromatic carbocycles. The summed E-state index contributed by atoms with van der Waals surface area (Å²) >= 11 is 0. The molecule has 1 aliphatic carbocycles. The number of nitrogens with one attached hydrogen (secondary N) is 1. The predicted octanol–water partition coefficient (Wildman–Crippen LogP) is 1.58. The number of anilines is 1. The van der Waals surface area contributed by atoms with Gasteiger partial charge in [-0.25, -0.2) is 0 Å². The highest BCUT2D eigenvalue weighted by Crippen LogP contribution is 2.44. The van der Waals surface area contributed by atoms with Crippen LogP contribution >= 0.6 is 0 Å². The Morgan fingerprint density at radius 1 is 1.50 bits per heavy atom. The van der Waals surface area contributed by atoms with Gasteiger partial charge in [0.15, 0.2) is 11.9 Å². The zero-order valence-electron chi connectivity index (χ0n) is 10.1. The number of aliphatic hydroxyl groups excluding tert-OH is 1. The van der Waals surface area contributed by atoms with E-state index < -0.39 is 11.9 Å². The van der Waals surface area contributed by atoms with Gasteiger partial charge in [-0.05, 0) is 31.4 Å². The number of fused-ring (bicyclic) bond motifs is 1. The maximum absolute atomic E-state index is 12.0. The number of hydrogen-bond acceptors (Lipinski definition) is 4. The number of carbonyl (C=O) groups is 1. The predicted molar refractivity (Wildman–Crippen MR) is 64.3 cm³/mol. The Balaban J connectivity index is 1.92. The van der Waals surface area contributed by atoms with Gasteiger partial charge in [-0.3, -0.25) is 4.79 Å². The lowest BCUT2D eigenvalue weighted by molar-refractivity contribution is -0.139. The number of carbonyl (C=O) groups excluding carboxylic acids is 1. The van der Waals surface area contributed by atoms with Crippen molar-refractivity contribution in [2.45, 2.75) is 31.2 Å². The molecule has 1 fully saturated rings. The molecule has 1 aliphatic heterocycles. The number of rotatable bonds is 2. The molecule has 2 N–H and O–H groups in total. The lowest BCUT2D eigenvalue weighted by Crippen LogP contribution is -2.55. The molecule has 0 aromatic heterocycles. The van der Waals surface area contributed by atoms with E-state index in [0.29, 0.717) is 17.0 Å². The highest BCUT2D eigenvalue weighted by Gasteiger charge is 2.49. The second-order valence-corrected chi connectivity index (χ2v) is 4.75. The van der Waals surface area contributed by atoms with Gasteiger partial charge < -0.3 is 19.9 Å². The van der Waals surface area contributed by atoms with E-state index in [9.17, 15) is 9.90 Å². The first kappa shape index (κ1) is 11.5. The second-order valence-electron chi connectivity index (χ2n) is 4.75. The first-order chi connectivity index (χ1) is 8.64. The third-order valence-corrected chi connectivity index (χ3v) is 3.64. The minimum Gasteiger partial charge on any atom is -0.475 e. The van der Waals surface area contributed by atoms with Gasteiger partial charge in [0.05, 0.1) is 5.69 Å². The van der Waals surface area contributed by atoms with Crippen molar-refractivity contribution < 1.29 is 19.4 Å². The molecule has 1 unspecified atom stereocenters. The molecule has 1 spiro atoms. The van der Waals surface area contributed by atoms with Crippen LogP contribution in [0.3, 0.4) is 0 Å². The van der Waals surface area contributed by atoms with Crippen LogP contribution in [0.25, 0.3) is 0 Å².